The summed E-state index contributed by atoms with van der Waals surface area (Å²) in [5, 5.41) is 16.4. The summed E-state index contributed by atoms with van der Waals surface area (Å²) in [5.41, 5.74) is 2.53. The normalized spacial score (nSPS) is 11.0. The van der Waals surface area contributed by atoms with Crippen molar-refractivity contribution in [3.63, 3.8) is 0 Å². The first-order chi connectivity index (χ1) is 10.0. The van der Waals surface area contributed by atoms with Gasteiger partial charge < -0.3 is 9.72 Å². The maximum absolute atomic E-state index is 11.3. The highest BCUT2D eigenvalue weighted by Gasteiger charge is 2.26. The molecule has 0 unspecified atom stereocenters. The van der Waals surface area contributed by atoms with Crippen molar-refractivity contribution in [2.75, 3.05) is 7.11 Å². The standard InChI is InChI=1S/C14H14N4O3/c1-8-13(18(19)20)14(17(2)16-8)11-7-15-12-5-4-9(21-3)6-10(11)12/h4-7,15H,1-3H3. The molecule has 7 heteroatoms. The van der Waals surface area contributed by atoms with Gasteiger partial charge in [-0.3, -0.25) is 14.8 Å². The number of ether oxygens (including phenoxy) is 1. The first kappa shape index (κ1) is 13.2. The van der Waals surface area contributed by atoms with Gasteiger partial charge in [-0.15, -0.1) is 0 Å². The van der Waals surface area contributed by atoms with Crippen LogP contribution in [0.4, 0.5) is 5.69 Å². The molecule has 2 aromatic heterocycles. The third kappa shape index (κ3) is 1.94. The van der Waals surface area contributed by atoms with E-state index in [0.717, 1.165) is 16.5 Å². The Balaban J connectivity index is 2.33. The third-order valence-corrected chi connectivity index (χ3v) is 3.52. The SMILES string of the molecule is COc1ccc2[nH]cc(-c3c([N+](=O)[O-])c(C)nn3C)c2c1. The minimum atomic E-state index is -0.392. The van der Waals surface area contributed by atoms with E-state index in [0.29, 0.717) is 17.1 Å². The van der Waals surface area contributed by atoms with Gasteiger partial charge in [-0.05, 0) is 25.1 Å². The van der Waals surface area contributed by atoms with Gasteiger partial charge in [0.15, 0.2) is 0 Å². The summed E-state index contributed by atoms with van der Waals surface area (Å²) >= 11 is 0. The summed E-state index contributed by atoms with van der Waals surface area (Å²) in [6.45, 7) is 1.64. The average molecular weight is 286 g/mol. The molecule has 0 atom stereocenters. The molecular weight excluding hydrogens is 272 g/mol. The Morgan fingerprint density at radius 1 is 1.43 bits per heavy atom. The number of aryl methyl sites for hydroxylation is 2. The number of aromatic nitrogens is 3. The number of nitrogens with zero attached hydrogens (tertiary/aromatic N) is 3. The van der Waals surface area contributed by atoms with Gasteiger partial charge in [0.05, 0.1) is 12.0 Å². The zero-order valence-corrected chi connectivity index (χ0v) is 11.9. The summed E-state index contributed by atoms with van der Waals surface area (Å²) in [6.07, 6.45) is 1.76. The predicted molar refractivity (Wildman–Crippen MR) is 78.4 cm³/mol. The molecule has 0 aliphatic heterocycles. The number of rotatable bonds is 3. The Labute approximate surface area is 120 Å². The number of nitrogens with one attached hydrogen (secondary N) is 1. The molecule has 1 N–H and O–H groups in total. The largest absolute Gasteiger partial charge is 0.497 e. The van der Waals surface area contributed by atoms with Crippen LogP contribution < -0.4 is 4.74 Å². The van der Waals surface area contributed by atoms with Crippen molar-refractivity contribution in [2.45, 2.75) is 6.92 Å². The van der Waals surface area contributed by atoms with Crippen LogP contribution >= 0.6 is 0 Å². The molecule has 0 aliphatic carbocycles. The van der Waals surface area contributed by atoms with E-state index in [9.17, 15) is 10.1 Å². The smallest absolute Gasteiger partial charge is 0.317 e. The highest BCUT2D eigenvalue weighted by molar-refractivity contribution is 5.97. The van der Waals surface area contributed by atoms with Crippen LogP contribution in [0.3, 0.4) is 0 Å². The number of benzene rings is 1. The Morgan fingerprint density at radius 3 is 2.86 bits per heavy atom. The molecule has 3 aromatic rings. The molecule has 0 bridgehead atoms. The zero-order chi connectivity index (χ0) is 15.1. The summed E-state index contributed by atoms with van der Waals surface area (Å²) in [5.74, 6) is 0.699. The van der Waals surface area contributed by atoms with Gasteiger partial charge in [0.25, 0.3) is 0 Å². The summed E-state index contributed by atoms with van der Waals surface area (Å²) < 4.78 is 6.76. The van der Waals surface area contributed by atoms with E-state index in [4.69, 9.17) is 4.74 Å². The number of aromatic amines is 1. The molecule has 0 aliphatic rings. The van der Waals surface area contributed by atoms with Gasteiger partial charge in [-0.1, -0.05) is 0 Å². The van der Waals surface area contributed by atoms with Crippen molar-refractivity contribution in [2.24, 2.45) is 7.05 Å². The number of hydrogen-bond acceptors (Lipinski definition) is 4. The molecular formula is C14H14N4O3. The lowest BCUT2D eigenvalue weighted by Crippen LogP contribution is -1.95. The first-order valence-corrected chi connectivity index (χ1v) is 6.36. The maximum Gasteiger partial charge on any atom is 0.317 e. The highest BCUT2D eigenvalue weighted by atomic mass is 16.6. The lowest BCUT2D eigenvalue weighted by molar-refractivity contribution is -0.384. The number of hydrogen-bond donors (Lipinski definition) is 1. The Morgan fingerprint density at radius 2 is 2.19 bits per heavy atom. The molecule has 108 valence electrons. The number of fused-ring (bicyclic) bond motifs is 1. The minimum Gasteiger partial charge on any atom is -0.497 e. The van der Waals surface area contributed by atoms with E-state index in [1.54, 1.807) is 27.3 Å². The van der Waals surface area contributed by atoms with Gasteiger partial charge in [0, 0.05) is 29.7 Å². The summed E-state index contributed by atoms with van der Waals surface area (Å²) in [6, 6.07) is 5.57. The van der Waals surface area contributed by atoms with E-state index in [2.05, 4.69) is 10.1 Å². The fraction of sp³-hybridized carbons (Fsp3) is 0.214. The monoisotopic (exact) mass is 286 g/mol. The van der Waals surface area contributed by atoms with Crippen LogP contribution in [0.5, 0.6) is 5.75 Å². The number of methoxy groups -OCH3 is 1. The second-order valence-corrected chi connectivity index (χ2v) is 4.78. The average Bonchev–Trinajstić information content (AvgIpc) is 2.98. The minimum absolute atomic E-state index is 0.0289. The molecule has 3 rings (SSSR count). The number of nitro groups is 1. The van der Waals surface area contributed by atoms with Crippen molar-refractivity contribution in [3.05, 3.63) is 40.2 Å². The Bertz CT molecular complexity index is 847. The van der Waals surface area contributed by atoms with Crippen LogP contribution in [0.1, 0.15) is 5.69 Å². The van der Waals surface area contributed by atoms with Crippen LogP contribution in [0, 0.1) is 17.0 Å². The van der Waals surface area contributed by atoms with Crippen molar-refractivity contribution < 1.29 is 9.66 Å². The van der Waals surface area contributed by atoms with Gasteiger partial charge in [0.2, 0.25) is 0 Å². The van der Waals surface area contributed by atoms with Crippen molar-refractivity contribution in [1.82, 2.24) is 14.8 Å². The van der Waals surface area contributed by atoms with Crippen LogP contribution in [-0.2, 0) is 7.05 Å². The second-order valence-electron chi connectivity index (χ2n) is 4.78. The molecule has 0 amide bonds. The summed E-state index contributed by atoms with van der Waals surface area (Å²) in [4.78, 5) is 14.1. The molecule has 0 saturated heterocycles. The van der Waals surface area contributed by atoms with Crippen LogP contribution in [0.15, 0.2) is 24.4 Å². The van der Waals surface area contributed by atoms with Gasteiger partial charge in [-0.25, -0.2) is 0 Å². The molecule has 0 radical (unpaired) electrons. The zero-order valence-electron chi connectivity index (χ0n) is 11.9. The lowest BCUT2D eigenvalue weighted by Gasteiger charge is -2.02. The van der Waals surface area contributed by atoms with E-state index in [-0.39, 0.29) is 5.69 Å². The first-order valence-electron chi connectivity index (χ1n) is 6.36. The molecule has 1 aromatic carbocycles. The molecule has 0 fully saturated rings. The van der Waals surface area contributed by atoms with Crippen LogP contribution in [0.2, 0.25) is 0 Å². The Hall–Kier alpha value is -2.83. The third-order valence-electron chi connectivity index (χ3n) is 3.52. The quantitative estimate of drug-likeness (QED) is 0.592. The maximum atomic E-state index is 11.3. The molecule has 2 heterocycles. The van der Waals surface area contributed by atoms with E-state index in [1.165, 1.54) is 4.68 Å². The highest BCUT2D eigenvalue weighted by Crippen LogP contribution is 2.37. The lowest BCUT2D eigenvalue weighted by atomic mass is 10.1. The van der Waals surface area contributed by atoms with E-state index < -0.39 is 4.92 Å². The number of H-pyrrole nitrogens is 1. The van der Waals surface area contributed by atoms with E-state index >= 15 is 0 Å². The van der Waals surface area contributed by atoms with Gasteiger partial charge >= 0.3 is 5.69 Å². The molecule has 0 saturated carbocycles. The van der Waals surface area contributed by atoms with Crippen molar-refractivity contribution in [1.29, 1.82) is 0 Å². The topological polar surface area (TPSA) is 86.0 Å². The Kier molecular flexibility index (Phi) is 2.90. The van der Waals surface area contributed by atoms with E-state index in [1.807, 2.05) is 18.2 Å². The fourth-order valence-electron chi connectivity index (χ4n) is 2.59. The second kappa shape index (κ2) is 4.62. The summed E-state index contributed by atoms with van der Waals surface area (Å²) in [7, 11) is 3.29. The predicted octanol–water partition coefficient (Wildman–Crippen LogP) is 2.79. The van der Waals surface area contributed by atoms with Crippen molar-refractivity contribution >= 4 is 16.6 Å². The van der Waals surface area contributed by atoms with Crippen LogP contribution in [0.25, 0.3) is 22.2 Å². The molecule has 21 heavy (non-hydrogen) atoms. The molecule has 7 nitrogen and oxygen atoms in total. The fourth-order valence-corrected chi connectivity index (χ4v) is 2.59. The van der Waals surface area contributed by atoms with Gasteiger partial charge in [0.1, 0.15) is 17.1 Å². The van der Waals surface area contributed by atoms with Crippen LogP contribution in [-0.4, -0.2) is 26.8 Å². The molecule has 0 spiro atoms. The van der Waals surface area contributed by atoms with Gasteiger partial charge in [-0.2, -0.15) is 5.10 Å². The van der Waals surface area contributed by atoms with Crippen molar-refractivity contribution in [3.8, 4) is 17.0 Å².